The summed E-state index contributed by atoms with van der Waals surface area (Å²) in [5.74, 6) is 0.598. The molecule has 0 aliphatic rings. The Kier molecular flexibility index (Phi) is 9.07. The first-order valence-corrected chi connectivity index (χ1v) is 12.3. The number of halogens is 3. The van der Waals surface area contributed by atoms with Crippen molar-refractivity contribution in [1.29, 1.82) is 0 Å². The van der Waals surface area contributed by atoms with E-state index in [1.54, 1.807) is 37.3 Å². The van der Waals surface area contributed by atoms with Crippen LogP contribution < -0.4 is 15.4 Å². The van der Waals surface area contributed by atoms with Crippen molar-refractivity contribution in [1.82, 2.24) is 20.1 Å². The summed E-state index contributed by atoms with van der Waals surface area (Å²) in [7, 11) is 1.51. The third kappa shape index (κ3) is 6.35. The second-order valence-electron chi connectivity index (χ2n) is 7.09. The van der Waals surface area contributed by atoms with Crippen LogP contribution in [-0.4, -0.2) is 39.4 Å². The number of benzene rings is 2. The minimum Gasteiger partial charge on any atom is -0.495 e. The molecule has 1 heterocycles. The van der Waals surface area contributed by atoms with Gasteiger partial charge in [-0.3, -0.25) is 9.59 Å². The Morgan fingerprint density at radius 1 is 1.12 bits per heavy atom. The lowest BCUT2D eigenvalue weighted by atomic mass is 10.2. The molecule has 2 aromatic carbocycles. The average Bonchev–Trinajstić information content (AvgIpc) is 3.22. The molecule has 2 amide bonds. The first-order chi connectivity index (χ1) is 16.2. The summed E-state index contributed by atoms with van der Waals surface area (Å²) >= 11 is 19.2. The molecule has 3 rings (SSSR count). The van der Waals surface area contributed by atoms with Crippen LogP contribution in [0.2, 0.25) is 15.1 Å². The van der Waals surface area contributed by atoms with E-state index >= 15 is 0 Å². The van der Waals surface area contributed by atoms with Gasteiger partial charge in [-0.25, -0.2) is 0 Å². The van der Waals surface area contributed by atoms with Gasteiger partial charge in [0.25, 0.3) is 5.91 Å². The zero-order valence-corrected chi connectivity index (χ0v) is 21.6. The highest BCUT2D eigenvalue weighted by molar-refractivity contribution is 7.99. The van der Waals surface area contributed by atoms with Gasteiger partial charge in [-0.05, 0) is 50.2 Å². The smallest absolute Gasteiger partial charge is 0.251 e. The fourth-order valence-corrected chi connectivity index (χ4v) is 4.38. The molecule has 0 radical (unpaired) electrons. The number of nitrogens with zero attached hydrogens (tertiary/aromatic N) is 3. The number of ether oxygens (including phenoxy) is 1. The zero-order chi connectivity index (χ0) is 24.8. The van der Waals surface area contributed by atoms with E-state index in [2.05, 4.69) is 20.8 Å². The number of methoxy groups -OCH3 is 1. The molecule has 0 spiro atoms. The summed E-state index contributed by atoms with van der Waals surface area (Å²) < 4.78 is 7.10. The van der Waals surface area contributed by atoms with E-state index in [0.717, 1.165) is 0 Å². The number of hydrogen-bond acceptors (Lipinski definition) is 6. The highest BCUT2D eigenvalue weighted by Gasteiger charge is 2.21. The second kappa shape index (κ2) is 11.8. The predicted molar refractivity (Wildman–Crippen MR) is 135 cm³/mol. The van der Waals surface area contributed by atoms with Crippen molar-refractivity contribution in [3.05, 3.63) is 62.9 Å². The molecule has 1 aromatic heterocycles. The van der Waals surface area contributed by atoms with Gasteiger partial charge in [0.1, 0.15) is 5.75 Å². The molecular weight excluding hydrogens is 521 g/mol. The molecule has 12 heteroatoms. The molecule has 2 N–H and O–H groups in total. The van der Waals surface area contributed by atoms with Gasteiger partial charge in [0, 0.05) is 17.1 Å². The monoisotopic (exact) mass is 541 g/mol. The van der Waals surface area contributed by atoms with Crippen molar-refractivity contribution < 1.29 is 14.3 Å². The van der Waals surface area contributed by atoms with Gasteiger partial charge in [-0.2, -0.15) is 0 Å². The number of aromatic nitrogens is 3. The minimum atomic E-state index is -0.437. The topological polar surface area (TPSA) is 98.1 Å². The third-order valence-corrected chi connectivity index (χ3v) is 6.69. The average molecular weight is 543 g/mol. The molecule has 3 aromatic rings. The van der Waals surface area contributed by atoms with E-state index in [1.807, 2.05) is 11.5 Å². The lowest BCUT2D eigenvalue weighted by molar-refractivity contribution is -0.113. The first kappa shape index (κ1) is 26.2. The van der Waals surface area contributed by atoms with Gasteiger partial charge < -0.3 is 19.9 Å². The second-order valence-corrected chi connectivity index (χ2v) is 9.28. The lowest BCUT2D eigenvalue weighted by Gasteiger charge is -2.15. The highest BCUT2D eigenvalue weighted by atomic mass is 35.5. The van der Waals surface area contributed by atoms with Crippen molar-refractivity contribution >= 4 is 64.1 Å². The van der Waals surface area contributed by atoms with Gasteiger partial charge >= 0.3 is 0 Å². The van der Waals surface area contributed by atoms with Crippen molar-refractivity contribution in [2.45, 2.75) is 31.6 Å². The van der Waals surface area contributed by atoms with E-state index < -0.39 is 6.04 Å². The van der Waals surface area contributed by atoms with Crippen LogP contribution in [0.1, 0.15) is 36.1 Å². The van der Waals surface area contributed by atoms with Crippen molar-refractivity contribution in [2.75, 3.05) is 18.2 Å². The molecule has 1 atom stereocenters. The molecule has 0 unspecified atom stereocenters. The maximum Gasteiger partial charge on any atom is 0.251 e. The predicted octanol–water partition coefficient (Wildman–Crippen LogP) is 5.49. The quantitative estimate of drug-likeness (QED) is 0.347. The molecule has 0 aliphatic carbocycles. The van der Waals surface area contributed by atoms with Crippen LogP contribution in [0.25, 0.3) is 0 Å². The number of hydrogen-bond donors (Lipinski definition) is 2. The lowest BCUT2D eigenvalue weighted by Crippen LogP contribution is -2.28. The van der Waals surface area contributed by atoms with Crippen LogP contribution >= 0.6 is 46.6 Å². The van der Waals surface area contributed by atoms with Crippen LogP contribution in [0.15, 0.2) is 41.6 Å². The molecule has 34 heavy (non-hydrogen) atoms. The highest BCUT2D eigenvalue weighted by Crippen LogP contribution is 2.28. The zero-order valence-electron chi connectivity index (χ0n) is 18.6. The number of thioether (sulfide) groups is 1. The molecule has 8 nitrogen and oxygen atoms in total. The van der Waals surface area contributed by atoms with Crippen LogP contribution in [0.5, 0.6) is 5.75 Å². The summed E-state index contributed by atoms with van der Waals surface area (Å²) in [6.07, 6.45) is 0. The number of carbonyl (C=O) groups excluding carboxylic acids is 2. The molecule has 0 fully saturated rings. The Bertz CT molecular complexity index is 1200. The number of nitrogens with one attached hydrogen (secondary N) is 2. The normalized spacial score (nSPS) is 11.7. The Labute approximate surface area is 216 Å². The molecule has 0 saturated heterocycles. The summed E-state index contributed by atoms with van der Waals surface area (Å²) in [5.41, 5.74) is 0.864. The van der Waals surface area contributed by atoms with Gasteiger partial charge in [0.05, 0.1) is 34.6 Å². The fraction of sp³-hybridized carbons (Fsp3) is 0.273. The van der Waals surface area contributed by atoms with Crippen LogP contribution in [0, 0.1) is 0 Å². The summed E-state index contributed by atoms with van der Waals surface area (Å²) in [5, 5.41) is 15.8. The minimum absolute atomic E-state index is 0.0951. The maximum absolute atomic E-state index is 12.6. The van der Waals surface area contributed by atoms with Crippen molar-refractivity contribution in [3.63, 3.8) is 0 Å². The largest absolute Gasteiger partial charge is 0.495 e. The molecule has 0 aliphatic heterocycles. The van der Waals surface area contributed by atoms with E-state index in [9.17, 15) is 9.59 Å². The Morgan fingerprint density at radius 3 is 2.56 bits per heavy atom. The molecule has 0 saturated carbocycles. The van der Waals surface area contributed by atoms with E-state index in [-0.39, 0.29) is 17.6 Å². The summed E-state index contributed by atoms with van der Waals surface area (Å²) in [6.45, 7) is 4.29. The number of carbonyl (C=O) groups is 2. The van der Waals surface area contributed by atoms with Gasteiger partial charge in [0.15, 0.2) is 11.0 Å². The van der Waals surface area contributed by atoms with Crippen LogP contribution in [-0.2, 0) is 11.3 Å². The van der Waals surface area contributed by atoms with Gasteiger partial charge in [-0.15, -0.1) is 10.2 Å². The van der Waals surface area contributed by atoms with Gasteiger partial charge in [0.2, 0.25) is 5.91 Å². The third-order valence-electron chi connectivity index (χ3n) is 4.75. The van der Waals surface area contributed by atoms with Gasteiger partial charge in [-0.1, -0.05) is 46.6 Å². The Morgan fingerprint density at radius 2 is 1.88 bits per heavy atom. The maximum atomic E-state index is 12.6. The molecular formula is C22H22Cl3N5O3S. The SMILES string of the molecule is CCn1c(SCC(=O)Nc2cc(Cl)ccc2OC)nnc1[C@H](C)NC(=O)c1ccc(Cl)c(Cl)c1. The number of rotatable bonds is 9. The van der Waals surface area contributed by atoms with Crippen LogP contribution in [0.4, 0.5) is 5.69 Å². The standard InChI is InChI=1S/C22H22Cl3N5O3S/c1-4-30-20(12(2)26-21(32)13-5-7-15(24)16(25)9-13)28-29-22(30)34-11-19(31)27-17-10-14(23)6-8-18(17)33-3/h5-10,12H,4,11H2,1-3H3,(H,26,32)(H,27,31)/t12-/m0/s1. The van der Waals surface area contributed by atoms with Crippen LogP contribution in [0.3, 0.4) is 0 Å². The van der Waals surface area contributed by atoms with E-state index in [0.29, 0.717) is 49.6 Å². The number of amides is 2. The summed E-state index contributed by atoms with van der Waals surface area (Å²) in [4.78, 5) is 25.1. The van der Waals surface area contributed by atoms with E-state index in [4.69, 9.17) is 39.5 Å². The first-order valence-electron chi connectivity index (χ1n) is 10.2. The Hall–Kier alpha value is -2.46. The van der Waals surface area contributed by atoms with Crippen molar-refractivity contribution in [3.8, 4) is 5.75 Å². The molecule has 0 bridgehead atoms. The van der Waals surface area contributed by atoms with E-state index in [1.165, 1.54) is 24.9 Å². The van der Waals surface area contributed by atoms with Crippen molar-refractivity contribution in [2.24, 2.45) is 0 Å². The molecule has 180 valence electrons. The number of anilines is 1. The Balaban J connectivity index is 1.65. The summed E-state index contributed by atoms with van der Waals surface area (Å²) in [6, 6.07) is 9.20. The fourth-order valence-electron chi connectivity index (χ4n) is 3.10.